The van der Waals surface area contributed by atoms with E-state index in [4.69, 9.17) is 14.2 Å². The van der Waals surface area contributed by atoms with Crippen LogP contribution in [0.25, 0.3) is 31.7 Å². The molecule has 0 bridgehead atoms. The lowest BCUT2D eigenvalue weighted by atomic mass is 10.0. The molecule has 0 amide bonds. The maximum absolute atomic E-state index is 12.0. The molecule has 0 saturated carbocycles. The van der Waals surface area contributed by atoms with Crippen molar-refractivity contribution in [2.24, 2.45) is 0 Å². The van der Waals surface area contributed by atoms with E-state index in [1.807, 2.05) is 72.8 Å². The van der Waals surface area contributed by atoms with E-state index in [9.17, 15) is 9.90 Å². The summed E-state index contributed by atoms with van der Waals surface area (Å²) in [4.78, 5) is 12.0. The molecule has 6 rings (SSSR count). The van der Waals surface area contributed by atoms with E-state index >= 15 is 0 Å². The molecule has 1 N–H and O–H groups in total. The summed E-state index contributed by atoms with van der Waals surface area (Å²) < 4.78 is 20.5. The SMILES string of the molecule is CCCCCCCCCCCCCCCc1nnc(-c2ccc(OC(CCCC(=O)O)(Oc3ccc(-c4nnc(CCCCCCCCCCCCCCC)s4)cc3)Oc3ccc(-c4nnc(CCCCCCCCCCCCCCC)s4)cc3)cc2)s1. The van der Waals surface area contributed by atoms with Crippen LogP contribution in [0.5, 0.6) is 17.2 Å². The molecule has 0 aliphatic rings. The molecule has 486 valence electrons. The maximum atomic E-state index is 12.0. The van der Waals surface area contributed by atoms with Gasteiger partial charge in [0.15, 0.2) is 0 Å². The molecule has 14 heteroatoms. The second-order valence-corrected chi connectivity index (χ2v) is 28.0. The van der Waals surface area contributed by atoms with Gasteiger partial charge in [0.1, 0.15) is 47.3 Å². The minimum atomic E-state index is -1.75. The highest BCUT2D eigenvalue weighted by molar-refractivity contribution is 7.15. The predicted molar refractivity (Wildman–Crippen MR) is 370 cm³/mol. The molecule has 88 heavy (non-hydrogen) atoms. The second-order valence-electron chi connectivity index (χ2n) is 24.8. The molecule has 3 aromatic heterocycles. The van der Waals surface area contributed by atoms with E-state index in [0.29, 0.717) is 17.2 Å². The van der Waals surface area contributed by atoms with Crippen LogP contribution in [0.3, 0.4) is 0 Å². The number of carboxylic acid groups (broad SMARTS) is 1. The Morgan fingerprint density at radius 3 is 0.784 bits per heavy atom. The van der Waals surface area contributed by atoms with Gasteiger partial charge in [0.25, 0.3) is 0 Å². The number of nitrogens with zero attached hydrogens (tertiary/aromatic N) is 6. The largest absolute Gasteiger partial charge is 0.481 e. The lowest BCUT2D eigenvalue weighted by molar-refractivity contribution is -0.257. The minimum absolute atomic E-state index is 0.0925. The number of ether oxygens (including phenoxy) is 3. The van der Waals surface area contributed by atoms with Gasteiger partial charge < -0.3 is 19.3 Å². The standard InChI is InChI=1S/C74H112N6O5S3/c1-4-7-10-13-16-19-22-25-28-31-34-37-40-44-67-75-78-71(86-67)61-48-54-64(55-49-61)83-74(60-43-47-70(81)82,84-65-56-50-62(51-57-65)72-79-76-68(87-72)45-41-38-35-32-29-26-23-20-17-14-11-8-5-2)85-66-58-52-63(53-59-66)73-80-77-69(88-73)46-42-39-36-33-30-27-24-21-18-15-12-9-6-3/h48-59H,4-47,60H2,1-3H3,(H,81,82). The van der Waals surface area contributed by atoms with Gasteiger partial charge in [-0.15, -0.1) is 30.6 Å². The fourth-order valence-corrected chi connectivity index (χ4v) is 14.2. The number of carboxylic acids is 1. The van der Waals surface area contributed by atoms with Gasteiger partial charge in [0.05, 0.1) is 6.42 Å². The zero-order valence-electron chi connectivity index (χ0n) is 54.7. The van der Waals surface area contributed by atoms with Crippen LogP contribution in [0, 0.1) is 0 Å². The molecule has 6 aromatic rings. The summed E-state index contributed by atoms with van der Waals surface area (Å²) in [6, 6.07) is 23.3. The summed E-state index contributed by atoms with van der Waals surface area (Å²) in [6.07, 6.45) is 55.0. The van der Waals surface area contributed by atoms with Crippen LogP contribution in [0.15, 0.2) is 72.8 Å². The first kappa shape index (κ1) is 72.3. The van der Waals surface area contributed by atoms with Crippen LogP contribution >= 0.6 is 34.0 Å². The van der Waals surface area contributed by atoms with Crippen LogP contribution in [0.4, 0.5) is 0 Å². The van der Waals surface area contributed by atoms with Gasteiger partial charge in [-0.3, -0.25) is 4.79 Å². The molecule has 0 radical (unpaired) electrons. The zero-order valence-corrected chi connectivity index (χ0v) is 57.2. The van der Waals surface area contributed by atoms with Gasteiger partial charge in [-0.2, -0.15) is 0 Å². The molecular weight excluding hydrogens is 1150 g/mol. The van der Waals surface area contributed by atoms with Crippen molar-refractivity contribution in [2.75, 3.05) is 0 Å². The average molecular weight is 1260 g/mol. The molecule has 0 aliphatic heterocycles. The average Bonchev–Trinajstić information content (AvgIpc) is 4.54. The number of aliphatic carboxylic acids is 1. The van der Waals surface area contributed by atoms with Crippen molar-refractivity contribution in [1.82, 2.24) is 30.6 Å². The first-order valence-electron chi connectivity index (χ1n) is 35.4. The molecule has 0 saturated heterocycles. The Morgan fingerprint density at radius 1 is 0.330 bits per heavy atom. The lowest BCUT2D eigenvalue weighted by Crippen LogP contribution is -2.48. The van der Waals surface area contributed by atoms with Crippen LogP contribution < -0.4 is 14.2 Å². The smallest absolute Gasteiger partial charge is 0.417 e. The third-order valence-electron chi connectivity index (χ3n) is 16.9. The normalized spacial score (nSPS) is 11.7. The summed E-state index contributed by atoms with van der Waals surface area (Å²) in [7, 11) is 0. The molecule has 11 nitrogen and oxygen atoms in total. The molecule has 0 atom stereocenters. The van der Waals surface area contributed by atoms with Gasteiger partial charge in [0, 0.05) is 42.4 Å². The molecule has 0 fully saturated rings. The Labute approximate surface area is 543 Å². The summed E-state index contributed by atoms with van der Waals surface area (Å²) >= 11 is 4.93. The minimum Gasteiger partial charge on any atom is -0.481 e. The van der Waals surface area contributed by atoms with E-state index < -0.39 is 11.9 Å². The molecule has 3 aromatic carbocycles. The summed E-state index contributed by atoms with van der Waals surface area (Å²) in [5, 5.41) is 43.1. The van der Waals surface area contributed by atoms with E-state index in [2.05, 4.69) is 51.4 Å². The molecule has 0 unspecified atom stereocenters. The third-order valence-corrected chi connectivity index (χ3v) is 20.0. The van der Waals surface area contributed by atoms with E-state index in [0.717, 1.165) is 85.3 Å². The fourth-order valence-electron chi connectivity index (χ4n) is 11.5. The number of hydrogen-bond donors (Lipinski definition) is 1. The van der Waals surface area contributed by atoms with Gasteiger partial charge >= 0.3 is 11.9 Å². The van der Waals surface area contributed by atoms with Crippen LogP contribution in [0.1, 0.15) is 305 Å². The Balaban J connectivity index is 1.06. The quantitative estimate of drug-likeness (QED) is 0.0288. The fraction of sp³-hybridized carbons (Fsp3) is 0.662. The van der Waals surface area contributed by atoms with Crippen LogP contribution in [-0.2, 0) is 24.1 Å². The Kier molecular flexibility index (Phi) is 37.3. The Morgan fingerprint density at radius 2 is 0.557 bits per heavy atom. The van der Waals surface area contributed by atoms with Gasteiger partial charge in [-0.05, 0) is 98.5 Å². The summed E-state index contributed by atoms with van der Waals surface area (Å²) in [5.41, 5.74) is 2.83. The number of hydrogen-bond acceptors (Lipinski definition) is 13. The van der Waals surface area contributed by atoms with Crippen LogP contribution in [0.2, 0.25) is 0 Å². The van der Waals surface area contributed by atoms with Crippen molar-refractivity contribution in [3.8, 4) is 49.0 Å². The Hall–Kier alpha value is -4.79. The topological polar surface area (TPSA) is 142 Å². The maximum Gasteiger partial charge on any atom is 0.417 e. The van der Waals surface area contributed by atoms with Crippen LogP contribution in [-0.4, -0.2) is 47.6 Å². The van der Waals surface area contributed by atoms with Gasteiger partial charge in [-0.25, -0.2) is 0 Å². The molecule has 3 heterocycles. The highest BCUT2D eigenvalue weighted by Gasteiger charge is 2.39. The number of rotatable bonds is 55. The van der Waals surface area contributed by atoms with Crippen molar-refractivity contribution >= 4 is 40.0 Å². The van der Waals surface area contributed by atoms with E-state index in [1.54, 1.807) is 34.0 Å². The number of aryl methyl sites for hydroxylation is 3. The van der Waals surface area contributed by atoms with Crippen molar-refractivity contribution in [3.63, 3.8) is 0 Å². The number of carbonyl (C=O) groups is 1. The van der Waals surface area contributed by atoms with Crippen molar-refractivity contribution in [2.45, 2.75) is 316 Å². The monoisotopic (exact) mass is 1260 g/mol. The lowest BCUT2D eigenvalue weighted by Gasteiger charge is -2.34. The van der Waals surface area contributed by atoms with Crippen molar-refractivity contribution in [3.05, 3.63) is 87.8 Å². The Bertz CT molecular complexity index is 2400. The number of unbranched alkanes of at least 4 members (excludes halogenated alkanes) is 36. The summed E-state index contributed by atoms with van der Waals surface area (Å²) in [6.45, 7) is 6.85. The van der Waals surface area contributed by atoms with Crippen molar-refractivity contribution in [1.29, 1.82) is 0 Å². The van der Waals surface area contributed by atoms with Gasteiger partial charge in [0.2, 0.25) is 0 Å². The number of aromatic nitrogens is 6. The molecule has 0 spiro atoms. The third kappa shape index (κ3) is 30.3. The first-order chi connectivity index (χ1) is 43.3. The van der Waals surface area contributed by atoms with E-state index in [-0.39, 0.29) is 19.3 Å². The highest BCUT2D eigenvalue weighted by atomic mass is 32.1. The van der Waals surface area contributed by atoms with E-state index in [1.165, 1.54) is 231 Å². The zero-order chi connectivity index (χ0) is 61.8. The first-order valence-corrected chi connectivity index (χ1v) is 37.9. The number of benzene rings is 3. The van der Waals surface area contributed by atoms with Gasteiger partial charge in [-0.1, -0.05) is 286 Å². The summed E-state index contributed by atoms with van der Waals surface area (Å²) in [5.74, 6) is -1.16. The molecular formula is C74H112N6O5S3. The predicted octanol–water partition coefficient (Wildman–Crippen LogP) is 23.6. The van der Waals surface area contributed by atoms with Crippen molar-refractivity contribution < 1.29 is 24.1 Å². The molecule has 0 aliphatic carbocycles. The highest BCUT2D eigenvalue weighted by Crippen LogP contribution is 2.36. The second kappa shape index (κ2) is 45.5.